The van der Waals surface area contributed by atoms with Gasteiger partial charge in [0.2, 0.25) is 5.88 Å². The fourth-order valence-corrected chi connectivity index (χ4v) is 4.18. The fourth-order valence-electron chi connectivity index (χ4n) is 3.93. The van der Waals surface area contributed by atoms with E-state index in [1.54, 1.807) is 6.20 Å². The SMILES string of the molecule is CCC(Oc1cnc(-c2ccc(Cl)cc2)c(-c2ccc(Cl)cc2)n1)C1CCC1C. The van der Waals surface area contributed by atoms with Gasteiger partial charge in [0.15, 0.2) is 0 Å². The molecule has 3 aromatic rings. The average Bonchev–Trinajstić information content (AvgIpc) is 2.73. The van der Waals surface area contributed by atoms with Crippen LogP contribution in [0.5, 0.6) is 5.88 Å². The quantitative estimate of drug-likeness (QED) is 0.413. The van der Waals surface area contributed by atoms with Crippen molar-refractivity contribution < 1.29 is 4.74 Å². The molecule has 0 bridgehead atoms. The third-order valence-corrected chi connectivity index (χ3v) is 6.33. The van der Waals surface area contributed by atoms with Crippen LogP contribution in [-0.4, -0.2) is 16.1 Å². The maximum atomic E-state index is 6.31. The van der Waals surface area contributed by atoms with Crippen LogP contribution in [0.25, 0.3) is 22.5 Å². The Morgan fingerprint density at radius 2 is 1.52 bits per heavy atom. The van der Waals surface area contributed by atoms with Crippen LogP contribution in [0.3, 0.4) is 0 Å². The topological polar surface area (TPSA) is 35.0 Å². The van der Waals surface area contributed by atoms with Gasteiger partial charge >= 0.3 is 0 Å². The number of ether oxygens (including phenoxy) is 1. The molecule has 5 heteroatoms. The van der Waals surface area contributed by atoms with Crippen molar-refractivity contribution in [1.29, 1.82) is 0 Å². The molecule has 1 aromatic heterocycles. The molecule has 0 saturated heterocycles. The molecule has 4 rings (SSSR count). The number of nitrogens with zero attached hydrogens (tertiary/aromatic N) is 2. The number of hydrogen-bond donors (Lipinski definition) is 0. The van der Waals surface area contributed by atoms with E-state index in [1.807, 2.05) is 48.5 Å². The van der Waals surface area contributed by atoms with E-state index in [0.29, 0.717) is 27.8 Å². The molecule has 3 nitrogen and oxygen atoms in total. The predicted molar refractivity (Wildman–Crippen MR) is 120 cm³/mol. The minimum Gasteiger partial charge on any atom is -0.473 e. The lowest BCUT2D eigenvalue weighted by Gasteiger charge is -2.39. The summed E-state index contributed by atoms with van der Waals surface area (Å²) in [5.41, 5.74) is 3.47. The lowest BCUT2D eigenvalue weighted by molar-refractivity contribution is 0.0331. The van der Waals surface area contributed by atoms with Gasteiger partial charge in [-0.2, -0.15) is 0 Å². The first-order chi connectivity index (χ1) is 14.0. The zero-order valence-corrected chi connectivity index (χ0v) is 18.1. The smallest absolute Gasteiger partial charge is 0.233 e. The zero-order chi connectivity index (χ0) is 20.4. The first-order valence-corrected chi connectivity index (χ1v) is 10.9. The third-order valence-electron chi connectivity index (χ3n) is 5.82. The van der Waals surface area contributed by atoms with Crippen LogP contribution < -0.4 is 4.74 Å². The van der Waals surface area contributed by atoms with Crippen LogP contribution in [0.2, 0.25) is 10.0 Å². The van der Waals surface area contributed by atoms with Gasteiger partial charge in [-0.3, -0.25) is 0 Å². The van der Waals surface area contributed by atoms with E-state index in [1.165, 1.54) is 12.8 Å². The van der Waals surface area contributed by atoms with Crippen molar-refractivity contribution in [2.75, 3.05) is 0 Å². The van der Waals surface area contributed by atoms with E-state index < -0.39 is 0 Å². The second-order valence-corrected chi connectivity index (χ2v) is 8.58. The van der Waals surface area contributed by atoms with Gasteiger partial charge in [0.25, 0.3) is 0 Å². The highest BCUT2D eigenvalue weighted by molar-refractivity contribution is 6.31. The lowest BCUT2D eigenvalue weighted by atomic mass is 9.71. The van der Waals surface area contributed by atoms with E-state index in [9.17, 15) is 0 Å². The summed E-state index contributed by atoms with van der Waals surface area (Å²) < 4.78 is 6.31. The summed E-state index contributed by atoms with van der Waals surface area (Å²) in [6, 6.07) is 15.3. The number of hydrogen-bond acceptors (Lipinski definition) is 3. The van der Waals surface area contributed by atoms with Crippen molar-refractivity contribution in [1.82, 2.24) is 9.97 Å². The average molecular weight is 427 g/mol. The van der Waals surface area contributed by atoms with E-state index >= 15 is 0 Å². The summed E-state index contributed by atoms with van der Waals surface area (Å²) in [7, 11) is 0. The van der Waals surface area contributed by atoms with E-state index in [0.717, 1.165) is 28.9 Å². The van der Waals surface area contributed by atoms with Crippen molar-refractivity contribution in [2.24, 2.45) is 11.8 Å². The van der Waals surface area contributed by atoms with Crippen molar-refractivity contribution in [3.63, 3.8) is 0 Å². The highest BCUT2D eigenvalue weighted by atomic mass is 35.5. The zero-order valence-electron chi connectivity index (χ0n) is 16.6. The first-order valence-electron chi connectivity index (χ1n) is 10.1. The molecule has 2 aromatic carbocycles. The van der Waals surface area contributed by atoms with Crippen molar-refractivity contribution in [2.45, 2.75) is 39.2 Å². The van der Waals surface area contributed by atoms with Crippen LogP contribution in [0.4, 0.5) is 0 Å². The molecule has 1 aliphatic carbocycles. The van der Waals surface area contributed by atoms with Crippen molar-refractivity contribution in [3.05, 3.63) is 64.8 Å². The maximum absolute atomic E-state index is 6.31. The molecule has 1 fully saturated rings. The molecule has 3 unspecified atom stereocenters. The molecule has 0 N–H and O–H groups in total. The highest BCUT2D eigenvalue weighted by Crippen LogP contribution is 2.39. The summed E-state index contributed by atoms with van der Waals surface area (Å²) in [4.78, 5) is 9.59. The van der Waals surface area contributed by atoms with Crippen molar-refractivity contribution in [3.8, 4) is 28.4 Å². The normalized spacial score (nSPS) is 19.4. The highest BCUT2D eigenvalue weighted by Gasteiger charge is 2.34. The summed E-state index contributed by atoms with van der Waals surface area (Å²) in [5, 5.41) is 1.38. The summed E-state index contributed by atoms with van der Waals surface area (Å²) in [6.07, 6.45) is 5.37. The molecule has 3 atom stereocenters. The van der Waals surface area contributed by atoms with Gasteiger partial charge in [-0.25, -0.2) is 9.97 Å². The lowest BCUT2D eigenvalue weighted by Crippen LogP contribution is -2.37. The minimum absolute atomic E-state index is 0.174. The largest absolute Gasteiger partial charge is 0.473 e. The molecule has 1 saturated carbocycles. The van der Waals surface area contributed by atoms with Crippen LogP contribution in [0.1, 0.15) is 33.1 Å². The van der Waals surface area contributed by atoms with Gasteiger partial charge in [-0.1, -0.05) is 61.3 Å². The second kappa shape index (κ2) is 8.73. The van der Waals surface area contributed by atoms with Crippen molar-refractivity contribution >= 4 is 23.2 Å². The number of rotatable bonds is 6. The van der Waals surface area contributed by atoms with E-state index in [4.69, 9.17) is 37.9 Å². The minimum atomic E-state index is 0.174. The molecular weight excluding hydrogens is 403 g/mol. The maximum Gasteiger partial charge on any atom is 0.233 e. The van der Waals surface area contributed by atoms with Gasteiger partial charge < -0.3 is 4.74 Å². The Balaban J connectivity index is 1.72. The van der Waals surface area contributed by atoms with Gasteiger partial charge in [0.1, 0.15) is 11.8 Å². The molecule has 0 spiro atoms. The van der Waals surface area contributed by atoms with E-state index in [2.05, 4.69) is 13.8 Å². The predicted octanol–water partition coefficient (Wildman–Crippen LogP) is 7.32. The molecule has 150 valence electrons. The Morgan fingerprint density at radius 1 is 0.931 bits per heavy atom. The molecule has 1 heterocycles. The Labute approximate surface area is 182 Å². The summed E-state index contributed by atoms with van der Waals surface area (Å²) in [6.45, 7) is 4.47. The number of halogens is 2. The summed E-state index contributed by atoms with van der Waals surface area (Å²) >= 11 is 12.1. The molecule has 1 aliphatic rings. The monoisotopic (exact) mass is 426 g/mol. The van der Waals surface area contributed by atoms with Crippen LogP contribution in [0, 0.1) is 11.8 Å². The molecule has 0 aliphatic heterocycles. The van der Waals surface area contributed by atoms with Gasteiger partial charge in [-0.05, 0) is 55.4 Å². The standard InChI is InChI=1S/C24H24Cl2N2O/c1-3-21(20-13-4-15(20)2)29-22-14-27-23(16-5-9-18(25)10-6-16)24(28-22)17-7-11-19(26)12-8-17/h5-12,14-15,20-21H,3-4,13H2,1-2H3. The van der Waals surface area contributed by atoms with Gasteiger partial charge in [-0.15, -0.1) is 0 Å². The number of aromatic nitrogens is 2. The first kappa shape index (κ1) is 20.2. The van der Waals surface area contributed by atoms with Gasteiger partial charge in [0, 0.05) is 21.2 Å². The second-order valence-electron chi connectivity index (χ2n) is 7.70. The molecule has 0 amide bonds. The number of benzene rings is 2. The van der Waals surface area contributed by atoms with E-state index in [-0.39, 0.29) is 6.10 Å². The van der Waals surface area contributed by atoms with Crippen LogP contribution in [-0.2, 0) is 0 Å². The molecule has 29 heavy (non-hydrogen) atoms. The fraction of sp³-hybridized carbons (Fsp3) is 0.333. The Morgan fingerprint density at radius 3 is 2.00 bits per heavy atom. The Kier molecular flexibility index (Phi) is 6.07. The van der Waals surface area contributed by atoms with Crippen LogP contribution in [0.15, 0.2) is 54.7 Å². The summed E-state index contributed by atoms with van der Waals surface area (Å²) in [5.74, 6) is 1.87. The third kappa shape index (κ3) is 4.41. The molecule has 0 radical (unpaired) electrons. The Hall–Kier alpha value is -2.10. The Bertz CT molecular complexity index is 973. The molecular formula is C24H24Cl2N2O. The van der Waals surface area contributed by atoms with Crippen LogP contribution >= 0.6 is 23.2 Å². The van der Waals surface area contributed by atoms with Gasteiger partial charge in [0.05, 0.1) is 11.9 Å².